The number of aromatic nitrogens is 2. The Balaban J connectivity index is 2.24. The summed E-state index contributed by atoms with van der Waals surface area (Å²) in [4.78, 5) is 19.8. The van der Waals surface area contributed by atoms with Gasteiger partial charge in [-0.25, -0.2) is 4.98 Å². The lowest BCUT2D eigenvalue weighted by Gasteiger charge is -2.13. The lowest BCUT2D eigenvalue weighted by atomic mass is 9.96. The molecule has 1 N–H and O–H groups in total. The molecule has 0 radical (unpaired) electrons. The fourth-order valence-electron chi connectivity index (χ4n) is 2.03. The number of benzene rings is 1. The Morgan fingerprint density at radius 1 is 1.29 bits per heavy atom. The average Bonchev–Trinajstić information content (AvgIpc) is 2.47. The van der Waals surface area contributed by atoms with E-state index in [-0.39, 0.29) is 0 Å². The van der Waals surface area contributed by atoms with Crippen LogP contribution in [0.2, 0.25) is 0 Å². The largest absolute Gasteiger partial charge is 0.481 e. The molecule has 5 heteroatoms. The molecule has 110 valence electrons. The number of carboxylic acids is 1. The van der Waals surface area contributed by atoms with Gasteiger partial charge in [0.15, 0.2) is 0 Å². The summed E-state index contributed by atoms with van der Waals surface area (Å²) in [6.45, 7) is 4.30. The third-order valence-electron chi connectivity index (χ3n) is 3.14. The number of ether oxygens (including phenoxy) is 1. The Morgan fingerprint density at radius 2 is 2.00 bits per heavy atom. The molecular formula is C16H18N2O3. The number of nitrogens with zero attached hydrogens (tertiary/aromatic N) is 2. The highest BCUT2D eigenvalue weighted by molar-refractivity contribution is 5.75. The molecule has 0 bridgehead atoms. The lowest BCUT2D eigenvalue weighted by Crippen LogP contribution is -2.16. The van der Waals surface area contributed by atoms with Crippen LogP contribution in [0.15, 0.2) is 36.7 Å². The van der Waals surface area contributed by atoms with Crippen LogP contribution in [-0.4, -0.2) is 27.7 Å². The Labute approximate surface area is 123 Å². The average molecular weight is 286 g/mol. The maximum absolute atomic E-state index is 11.5. The zero-order chi connectivity index (χ0) is 15.2. The Kier molecular flexibility index (Phi) is 4.87. The number of hydrogen-bond acceptors (Lipinski definition) is 4. The van der Waals surface area contributed by atoms with E-state index in [1.807, 2.05) is 38.1 Å². The zero-order valence-corrected chi connectivity index (χ0v) is 12.1. The number of carbonyl (C=O) groups is 1. The minimum atomic E-state index is -0.918. The van der Waals surface area contributed by atoms with E-state index < -0.39 is 11.9 Å². The first-order chi connectivity index (χ1) is 10.1. The molecule has 2 rings (SSSR count). The predicted octanol–water partition coefficient (Wildman–Crippen LogP) is 2.59. The van der Waals surface area contributed by atoms with Crippen LogP contribution in [0, 0.1) is 6.92 Å². The molecule has 0 amide bonds. The van der Waals surface area contributed by atoms with Gasteiger partial charge in [-0.1, -0.05) is 29.8 Å². The summed E-state index contributed by atoms with van der Waals surface area (Å²) in [7, 11) is 0. The normalized spacial score (nSPS) is 11.9. The molecular weight excluding hydrogens is 268 g/mol. The summed E-state index contributed by atoms with van der Waals surface area (Å²) in [5.74, 6) is -1.30. The van der Waals surface area contributed by atoms with Gasteiger partial charge in [0, 0.05) is 6.20 Å². The molecule has 1 unspecified atom stereocenters. The number of hydrogen-bond donors (Lipinski definition) is 1. The third kappa shape index (κ3) is 4.02. The number of aryl methyl sites for hydroxylation is 1. The summed E-state index contributed by atoms with van der Waals surface area (Å²) >= 11 is 0. The van der Waals surface area contributed by atoms with Gasteiger partial charge in [0.25, 0.3) is 0 Å². The van der Waals surface area contributed by atoms with Crippen LogP contribution < -0.4 is 4.74 Å². The van der Waals surface area contributed by atoms with Crippen molar-refractivity contribution in [3.05, 3.63) is 53.5 Å². The fraction of sp³-hybridized carbons (Fsp3) is 0.312. The minimum absolute atomic E-state index is 0.352. The smallest absolute Gasteiger partial charge is 0.312 e. The Hall–Kier alpha value is -2.43. The first-order valence-electron chi connectivity index (χ1n) is 6.83. The molecule has 0 spiro atoms. The third-order valence-corrected chi connectivity index (χ3v) is 3.14. The van der Waals surface area contributed by atoms with Gasteiger partial charge in [0.2, 0.25) is 5.88 Å². The Bertz CT molecular complexity index is 611. The van der Waals surface area contributed by atoms with Gasteiger partial charge in [-0.3, -0.25) is 9.78 Å². The van der Waals surface area contributed by atoms with Crippen LogP contribution in [0.25, 0.3) is 0 Å². The molecule has 1 aromatic carbocycles. The lowest BCUT2D eigenvalue weighted by molar-refractivity contribution is -0.138. The highest BCUT2D eigenvalue weighted by Gasteiger charge is 2.22. The number of rotatable bonds is 6. The maximum Gasteiger partial charge on any atom is 0.312 e. The standard InChI is InChI=1S/C16H18N2O3/c1-3-21-15-10-17-9-14(18-15)13(16(19)20)8-12-6-4-11(2)5-7-12/h4-7,9-10,13H,3,8H2,1-2H3,(H,19,20). The van der Waals surface area contributed by atoms with Crippen LogP contribution >= 0.6 is 0 Å². The van der Waals surface area contributed by atoms with Crippen molar-refractivity contribution < 1.29 is 14.6 Å². The SMILES string of the molecule is CCOc1cncc(C(Cc2ccc(C)cc2)C(=O)O)n1. The van der Waals surface area contributed by atoms with Crippen molar-refractivity contribution in [1.82, 2.24) is 9.97 Å². The van der Waals surface area contributed by atoms with Crippen LogP contribution in [0.1, 0.15) is 29.7 Å². The summed E-state index contributed by atoms with van der Waals surface area (Å²) < 4.78 is 5.28. The molecule has 0 aliphatic rings. The molecule has 0 saturated heterocycles. The number of carboxylic acid groups (broad SMARTS) is 1. The van der Waals surface area contributed by atoms with Gasteiger partial charge in [0.1, 0.15) is 5.92 Å². The first-order valence-corrected chi connectivity index (χ1v) is 6.83. The second-order valence-electron chi connectivity index (χ2n) is 4.80. The van der Waals surface area contributed by atoms with Crippen LogP contribution in [0.3, 0.4) is 0 Å². The topological polar surface area (TPSA) is 72.3 Å². The van der Waals surface area contributed by atoms with Gasteiger partial charge in [-0.15, -0.1) is 0 Å². The van der Waals surface area contributed by atoms with Gasteiger partial charge < -0.3 is 9.84 Å². The Morgan fingerprint density at radius 3 is 2.62 bits per heavy atom. The quantitative estimate of drug-likeness (QED) is 0.883. The van der Waals surface area contributed by atoms with Crippen molar-refractivity contribution in [2.24, 2.45) is 0 Å². The summed E-state index contributed by atoms with van der Waals surface area (Å²) in [5, 5.41) is 9.45. The van der Waals surface area contributed by atoms with Crippen molar-refractivity contribution >= 4 is 5.97 Å². The molecule has 2 aromatic rings. The van der Waals surface area contributed by atoms with E-state index in [0.29, 0.717) is 24.6 Å². The fourth-order valence-corrected chi connectivity index (χ4v) is 2.03. The monoisotopic (exact) mass is 286 g/mol. The van der Waals surface area contributed by atoms with Gasteiger partial charge in [-0.05, 0) is 25.8 Å². The molecule has 1 atom stereocenters. The van der Waals surface area contributed by atoms with Crippen molar-refractivity contribution in [3.8, 4) is 5.88 Å². The predicted molar refractivity (Wildman–Crippen MR) is 78.5 cm³/mol. The summed E-state index contributed by atoms with van der Waals surface area (Å²) in [6.07, 6.45) is 3.34. The molecule has 1 aromatic heterocycles. The van der Waals surface area contributed by atoms with Crippen molar-refractivity contribution in [1.29, 1.82) is 0 Å². The van der Waals surface area contributed by atoms with Crippen molar-refractivity contribution in [2.45, 2.75) is 26.2 Å². The molecule has 21 heavy (non-hydrogen) atoms. The summed E-state index contributed by atoms with van der Waals surface area (Å²) in [6, 6.07) is 7.81. The highest BCUT2D eigenvalue weighted by atomic mass is 16.5. The molecule has 0 aliphatic carbocycles. The van der Waals surface area contributed by atoms with Crippen molar-refractivity contribution in [3.63, 3.8) is 0 Å². The minimum Gasteiger partial charge on any atom is -0.481 e. The van der Waals surface area contributed by atoms with E-state index in [0.717, 1.165) is 11.1 Å². The van der Waals surface area contributed by atoms with E-state index in [1.165, 1.54) is 12.4 Å². The van der Waals surface area contributed by atoms with E-state index in [2.05, 4.69) is 9.97 Å². The second kappa shape index (κ2) is 6.83. The molecule has 0 aliphatic heterocycles. The van der Waals surface area contributed by atoms with Crippen LogP contribution in [0.4, 0.5) is 0 Å². The van der Waals surface area contributed by atoms with Crippen molar-refractivity contribution in [2.75, 3.05) is 6.61 Å². The van der Waals surface area contributed by atoms with Crippen LogP contribution in [-0.2, 0) is 11.2 Å². The van der Waals surface area contributed by atoms with Gasteiger partial charge >= 0.3 is 5.97 Å². The second-order valence-corrected chi connectivity index (χ2v) is 4.80. The van der Waals surface area contributed by atoms with E-state index in [1.54, 1.807) is 0 Å². The zero-order valence-electron chi connectivity index (χ0n) is 12.1. The summed E-state index contributed by atoms with van der Waals surface area (Å²) in [5.41, 5.74) is 2.51. The van der Waals surface area contributed by atoms with E-state index in [9.17, 15) is 9.90 Å². The molecule has 5 nitrogen and oxygen atoms in total. The van der Waals surface area contributed by atoms with Gasteiger partial charge in [-0.2, -0.15) is 0 Å². The molecule has 0 fully saturated rings. The highest BCUT2D eigenvalue weighted by Crippen LogP contribution is 2.21. The maximum atomic E-state index is 11.5. The van der Waals surface area contributed by atoms with E-state index >= 15 is 0 Å². The van der Waals surface area contributed by atoms with Gasteiger partial charge in [0.05, 0.1) is 18.5 Å². The number of aliphatic carboxylic acids is 1. The molecule has 0 saturated carbocycles. The van der Waals surface area contributed by atoms with Crippen LogP contribution in [0.5, 0.6) is 5.88 Å². The first kappa shape index (κ1) is 15.0. The van der Waals surface area contributed by atoms with E-state index in [4.69, 9.17) is 4.74 Å². The molecule has 1 heterocycles.